The van der Waals surface area contributed by atoms with E-state index in [1.165, 1.54) is 0 Å². The van der Waals surface area contributed by atoms with Crippen molar-refractivity contribution >= 4 is 10.1 Å². The molecule has 0 aliphatic carbocycles. The largest absolute Gasteiger partial charge is 0.381 e. The predicted molar refractivity (Wildman–Crippen MR) is 79.2 cm³/mol. The average Bonchev–Trinajstić information content (AvgIpc) is 2.42. The Balaban J connectivity index is 2.29. The lowest BCUT2D eigenvalue weighted by Crippen LogP contribution is -2.11. The molecule has 0 bridgehead atoms. The first-order valence-electron chi connectivity index (χ1n) is 6.99. The van der Waals surface area contributed by atoms with Crippen molar-refractivity contribution in [1.29, 1.82) is 0 Å². The van der Waals surface area contributed by atoms with Crippen molar-refractivity contribution in [3.63, 3.8) is 0 Å². The quantitative estimate of drug-likeness (QED) is 0.519. The molecule has 1 atom stereocenters. The fraction of sp³-hybridized carbons (Fsp3) is 0.600. The van der Waals surface area contributed by atoms with E-state index in [9.17, 15) is 8.42 Å². The molecule has 4 nitrogen and oxygen atoms in total. The lowest BCUT2D eigenvalue weighted by Gasteiger charge is -2.09. The summed E-state index contributed by atoms with van der Waals surface area (Å²) in [5.74, 6) is 0.534. The Labute approximate surface area is 122 Å². The predicted octanol–water partition coefficient (Wildman–Crippen LogP) is 3.15. The van der Waals surface area contributed by atoms with Crippen LogP contribution in [-0.2, 0) is 19.0 Å². The van der Waals surface area contributed by atoms with E-state index < -0.39 is 10.1 Å². The highest BCUT2D eigenvalue weighted by molar-refractivity contribution is 7.86. The maximum Gasteiger partial charge on any atom is 0.296 e. The van der Waals surface area contributed by atoms with E-state index in [1.807, 2.05) is 6.92 Å². The van der Waals surface area contributed by atoms with Crippen molar-refractivity contribution in [2.24, 2.45) is 5.92 Å². The van der Waals surface area contributed by atoms with Crippen molar-refractivity contribution in [3.8, 4) is 0 Å². The van der Waals surface area contributed by atoms with Gasteiger partial charge in [0.25, 0.3) is 10.1 Å². The maximum atomic E-state index is 11.9. The van der Waals surface area contributed by atoms with Crippen LogP contribution >= 0.6 is 0 Å². The highest BCUT2D eigenvalue weighted by atomic mass is 32.2. The van der Waals surface area contributed by atoms with Gasteiger partial charge in [-0.15, -0.1) is 0 Å². The summed E-state index contributed by atoms with van der Waals surface area (Å²) in [5.41, 5.74) is 1.02. The molecule has 1 unspecified atom stereocenters. The number of ether oxygens (including phenoxy) is 1. The monoisotopic (exact) mass is 300 g/mol. The maximum absolute atomic E-state index is 11.9. The lowest BCUT2D eigenvalue weighted by molar-refractivity contribution is 0.0932. The number of aryl methyl sites for hydroxylation is 1. The molecular weight excluding hydrogens is 276 g/mol. The lowest BCUT2D eigenvalue weighted by atomic mass is 10.1. The Morgan fingerprint density at radius 1 is 1.15 bits per heavy atom. The fourth-order valence-corrected chi connectivity index (χ4v) is 2.45. The third-order valence-electron chi connectivity index (χ3n) is 3.08. The second-order valence-corrected chi connectivity index (χ2v) is 6.65. The van der Waals surface area contributed by atoms with Crippen LogP contribution in [0.2, 0.25) is 0 Å². The Morgan fingerprint density at radius 3 is 2.40 bits per heavy atom. The molecule has 0 heterocycles. The topological polar surface area (TPSA) is 52.6 Å². The van der Waals surface area contributed by atoms with Gasteiger partial charge in [0, 0.05) is 13.2 Å². The van der Waals surface area contributed by atoms with Gasteiger partial charge >= 0.3 is 0 Å². The molecule has 0 aliphatic rings. The minimum absolute atomic E-state index is 0.150. The van der Waals surface area contributed by atoms with Gasteiger partial charge in [-0.3, -0.25) is 4.18 Å². The number of hydrogen-bond acceptors (Lipinski definition) is 4. The zero-order chi connectivity index (χ0) is 15.0. The molecule has 20 heavy (non-hydrogen) atoms. The van der Waals surface area contributed by atoms with E-state index in [2.05, 4.69) is 13.8 Å². The summed E-state index contributed by atoms with van der Waals surface area (Å²) in [4.78, 5) is 0.198. The Kier molecular flexibility index (Phi) is 7.19. The summed E-state index contributed by atoms with van der Waals surface area (Å²) in [6, 6.07) is 6.63. The van der Waals surface area contributed by atoms with E-state index in [0.717, 1.165) is 12.0 Å². The molecular formula is C15H24O4S. The van der Waals surface area contributed by atoms with Crippen molar-refractivity contribution < 1.29 is 17.3 Å². The van der Waals surface area contributed by atoms with Crippen LogP contribution in [0.3, 0.4) is 0 Å². The van der Waals surface area contributed by atoms with Crippen molar-refractivity contribution in [2.75, 3.05) is 19.8 Å². The van der Waals surface area contributed by atoms with Gasteiger partial charge in [-0.05, 0) is 31.4 Å². The van der Waals surface area contributed by atoms with Gasteiger partial charge in [-0.1, -0.05) is 38.0 Å². The van der Waals surface area contributed by atoms with Gasteiger partial charge in [0.05, 0.1) is 11.5 Å². The van der Waals surface area contributed by atoms with E-state index in [4.69, 9.17) is 8.92 Å². The van der Waals surface area contributed by atoms with Crippen LogP contribution in [0.5, 0.6) is 0 Å². The highest BCUT2D eigenvalue weighted by Crippen LogP contribution is 2.13. The van der Waals surface area contributed by atoms with E-state index in [0.29, 0.717) is 25.6 Å². The van der Waals surface area contributed by atoms with Gasteiger partial charge in [0.1, 0.15) is 0 Å². The first-order valence-corrected chi connectivity index (χ1v) is 8.40. The SMILES string of the molecule is CCC(C)COCCCOS(=O)(=O)c1ccc(C)cc1. The summed E-state index contributed by atoms with van der Waals surface area (Å²) in [6.45, 7) is 7.53. The van der Waals surface area contributed by atoms with Crippen LogP contribution in [0, 0.1) is 12.8 Å². The molecule has 0 amide bonds. The van der Waals surface area contributed by atoms with Crippen LogP contribution in [-0.4, -0.2) is 28.2 Å². The van der Waals surface area contributed by atoms with Crippen LogP contribution in [0.4, 0.5) is 0 Å². The smallest absolute Gasteiger partial charge is 0.296 e. The second-order valence-electron chi connectivity index (χ2n) is 5.03. The molecule has 1 rings (SSSR count). The molecule has 0 fully saturated rings. The van der Waals surface area contributed by atoms with Crippen LogP contribution < -0.4 is 0 Å². The molecule has 0 aliphatic heterocycles. The molecule has 0 saturated carbocycles. The van der Waals surface area contributed by atoms with Gasteiger partial charge in [-0.2, -0.15) is 8.42 Å². The average molecular weight is 300 g/mol. The Bertz CT molecular complexity index is 479. The highest BCUT2D eigenvalue weighted by Gasteiger charge is 2.14. The molecule has 114 valence electrons. The van der Waals surface area contributed by atoms with Crippen LogP contribution in [0.1, 0.15) is 32.3 Å². The van der Waals surface area contributed by atoms with Crippen molar-refractivity contribution in [1.82, 2.24) is 0 Å². The molecule has 1 aromatic rings. The van der Waals surface area contributed by atoms with Gasteiger partial charge in [0.15, 0.2) is 0 Å². The molecule has 0 N–H and O–H groups in total. The summed E-state index contributed by atoms with van der Waals surface area (Å²) in [7, 11) is -3.64. The molecule has 0 radical (unpaired) electrons. The third kappa shape index (κ3) is 6.03. The first-order chi connectivity index (χ1) is 9.45. The van der Waals surface area contributed by atoms with E-state index >= 15 is 0 Å². The Morgan fingerprint density at radius 2 is 1.80 bits per heavy atom. The molecule has 0 saturated heterocycles. The van der Waals surface area contributed by atoms with Crippen LogP contribution in [0.25, 0.3) is 0 Å². The molecule has 0 spiro atoms. The number of benzene rings is 1. The van der Waals surface area contributed by atoms with Crippen LogP contribution in [0.15, 0.2) is 29.2 Å². The third-order valence-corrected chi connectivity index (χ3v) is 4.41. The number of hydrogen-bond donors (Lipinski definition) is 0. The first kappa shape index (κ1) is 17.1. The fourth-order valence-electron chi connectivity index (χ4n) is 1.50. The zero-order valence-electron chi connectivity index (χ0n) is 12.5. The normalized spacial score (nSPS) is 13.3. The van der Waals surface area contributed by atoms with Gasteiger partial charge in [-0.25, -0.2) is 0 Å². The Hall–Kier alpha value is -0.910. The second kappa shape index (κ2) is 8.39. The van der Waals surface area contributed by atoms with Crippen molar-refractivity contribution in [2.45, 2.75) is 38.5 Å². The summed E-state index contributed by atoms with van der Waals surface area (Å²) in [6.07, 6.45) is 1.65. The van der Waals surface area contributed by atoms with Gasteiger partial charge < -0.3 is 4.74 Å². The minimum atomic E-state index is -3.64. The summed E-state index contributed by atoms with van der Waals surface area (Å²) in [5, 5.41) is 0. The summed E-state index contributed by atoms with van der Waals surface area (Å²) < 4.78 is 34.2. The van der Waals surface area contributed by atoms with E-state index in [-0.39, 0.29) is 11.5 Å². The molecule has 0 aromatic heterocycles. The molecule has 5 heteroatoms. The van der Waals surface area contributed by atoms with Crippen molar-refractivity contribution in [3.05, 3.63) is 29.8 Å². The standard InChI is InChI=1S/C15H24O4S/c1-4-13(2)12-18-10-5-11-19-20(16,17)15-8-6-14(3)7-9-15/h6-9,13H,4-5,10-12H2,1-3H3. The molecule has 1 aromatic carbocycles. The van der Waals surface area contributed by atoms with Gasteiger partial charge in [0.2, 0.25) is 0 Å². The zero-order valence-corrected chi connectivity index (χ0v) is 13.3. The minimum Gasteiger partial charge on any atom is -0.381 e. The number of rotatable bonds is 9. The van der Waals surface area contributed by atoms with E-state index in [1.54, 1.807) is 24.3 Å². The summed E-state index contributed by atoms with van der Waals surface area (Å²) >= 11 is 0.